The van der Waals surface area contributed by atoms with Gasteiger partial charge in [0.15, 0.2) is 5.82 Å². The van der Waals surface area contributed by atoms with Crippen LogP contribution >= 0.6 is 0 Å². The monoisotopic (exact) mass is 370 g/mol. The molecule has 1 aliphatic heterocycles. The number of hydrogen-bond acceptors (Lipinski definition) is 5. The number of amides is 2. The molecule has 3 heterocycles. The number of nitrogens with zero attached hydrogens (tertiary/aromatic N) is 5. The molecule has 9 heteroatoms. The predicted molar refractivity (Wildman–Crippen MR) is 99.8 cm³/mol. The Hall–Kier alpha value is -3.10. The Balaban J connectivity index is 1.51. The summed E-state index contributed by atoms with van der Waals surface area (Å²) in [4.78, 5) is 30.8. The molecular formula is C18H22N6O3. The van der Waals surface area contributed by atoms with Gasteiger partial charge in [-0.25, -0.2) is 9.59 Å². The molecule has 3 aromatic rings. The molecular weight excluding hydrogens is 348 g/mol. The highest BCUT2D eigenvalue weighted by Gasteiger charge is 2.27. The van der Waals surface area contributed by atoms with Crippen LogP contribution in [0.15, 0.2) is 27.5 Å². The molecule has 0 radical (unpaired) electrons. The standard InChI is InChI=1S/C18H22N6O3/c1-11-19-16(21-27-11)12-5-4-8-24(10-12)17(25)20-13-6-7-14-15(9-13)23(3)18(26)22(14)2/h6-7,9,12H,4-5,8,10H2,1-3H3,(H,20,25)/t12-/m0/s1. The van der Waals surface area contributed by atoms with Gasteiger partial charge in [-0.1, -0.05) is 5.16 Å². The van der Waals surface area contributed by atoms with E-state index in [1.54, 1.807) is 35.1 Å². The largest absolute Gasteiger partial charge is 0.340 e. The van der Waals surface area contributed by atoms with E-state index in [4.69, 9.17) is 4.52 Å². The first-order chi connectivity index (χ1) is 12.9. The lowest BCUT2D eigenvalue weighted by molar-refractivity contribution is 0.190. The molecule has 1 fully saturated rings. The highest BCUT2D eigenvalue weighted by Crippen LogP contribution is 2.25. The number of anilines is 1. The molecule has 0 bridgehead atoms. The molecule has 1 saturated heterocycles. The summed E-state index contributed by atoms with van der Waals surface area (Å²) in [6.45, 7) is 3.00. The van der Waals surface area contributed by atoms with Crippen LogP contribution in [0.2, 0.25) is 0 Å². The topological polar surface area (TPSA) is 98.2 Å². The second-order valence-electron chi connectivity index (χ2n) is 6.99. The molecule has 0 unspecified atom stereocenters. The second kappa shape index (κ2) is 6.57. The first-order valence-electron chi connectivity index (χ1n) is 8.95. The Labute approximate surface area is 155 Å². The molecule has 1 aliphatic rings. The molecule has 1 aromatic carbocycles. The Kier molecular flexibility index (Phi) is 4.21. The number of aromatic nitrogens is 4. The van der Waals surface area contributed by atoms with Gasteiger partial charge in [0, 0.05) is 45.7 Å². The highest BCUT2D eigenvalue weighted by atomic mass is 16.5. The summed E-state index contributed by atoms with van der Waals surface area (Å²) < 4.78 is 8.22. The lowest BCUT2D eigenvalue weighted by atomic mass is 9.98. The molecule has 9 nitrogen and oxygen atoms in total. The van der Waals surface area contributed by atoms with E-state index in [-0.39, 0.29) is 17.6 Å². The smallest absolute Gasteiger partial charge is 0.328 e. The molecule has 2 aromatic heterocycles. The van der Waals surface area contributed by atoms with Gasteiger partial charge in [-0.3, -0.25) is 9.13 Å². The fraction of sp³-hybridized carbons (Fsp3) is 0.444. The van der Waals surface area contributed by atoms with Crippen molar-refractivity contribution in [3.05, 3.63) is 40.4 Å². The molecule has 1 N–H and O–H groups in total. The predicted octanol–water partition coefficient (Wildman–Crippen LogP) is 1.98. The maximum absolute atomic E-state index is 12.7. The first kappa shape index (κ1) is 17.3. The Bertz CT molecular complexity index is 1060. The zero-order valence-corrected chi connectivity index (χ0v) is 15.6. The maximum atomic E-state index is 12.7. The van der Waals surface area contributed by atoms with E-state index in [0.717, 1.165) is 23.9 Å². The van der Waals surface area contributed by atoms with Gasteiger partial charge in [0.25, 0.3) is 0 Å². The number of rotatable bonds is 2. The summed E-state index contributed by atoms with van der Waals surface area (Å²) in [6, 6.07) is 5.30. The zero-order chi connectivity index (χ0) is 19.1. The van der Waals surface area contributed by atoms with E-state index in [1.807, 2.05) is 18.2 Å². The minimum Gasteiger partial charge on any atom is -0.340 e. The summed E-state index contributed by atoms with van der Waals surface area (Å²) in [5.74, 6) is 1.28. The van der Waals surface area contributed by atoms with Crippen LogP contribution in [0.1, 0.15) is 30.5 Å². The third-order valence-electron chi connectivity index (χ3n) is 5.14. The van der Waals surface area contributed by atoms with E-state index in [1.165, 1.54) is 0 Å². The van der Waals surface area contributed by atoms with Crippen LogP contribution in [0.3, 0.4) is 0 Å². The number of carbonyl (C=O) groups excluding carboxylic acids is 1. The summed E-state index contributed by atoms with van der Waals surface area (Å²) >= 11 is 0. The van der Waals surface area contributed by atoms with Crippen molar-refractivity contribution in [3.63, 3.8) is 0 Å². The zero-order valence-electron chi connectivity index (χ0n) is 15.6. The average Bonchev–Trinajstić information content (AvgIpc) is 3.20. The van der Waals surface area contributed by atoms with Gasteiger partial charge < -0.3 is 14.7 Å². The second-order valence-corrected chi connectivity index (χ2v) is 6.99. The van der Waals surface area contributed by atoms with Crippen molar-refractivity contribution >= 4 is 22.8 Å². The minimum absolute atomic E-state index is 0.0828. The van der Waals surface area contributed by atoms with Crippen molar-refractivity contribution in [2.24, 2.45) is 14.1 Å². The van der Waals surface area contributed by atoms with Gasteiger partial charge in [-0.15, -0.1) is 0 Å². The number of nitrogens with one attached hydrogen (secondary N) is 1. The number of piperidine rings is 1. The van der Waals surface area contributed by atoms with Gasteiger partial charge in [0.2, 0.25) is 5.89 Å². The number of aryl methyl sites for hydroxylation is 3. The number of carbonyl (C=O) groups is 1. The number of likely N-dealkylation sites (tertiary alicyclic amines) is 1. The number of imidazole rings is 1. The first-order valence-corrected chi connectivity index (χ1v) is 8.95. The van der Waals surface area contributed by atoms with E-state index >= 15 is 0 Å². The molecule has 0 spiro atoms. The third kappa shape index (κ3) is 3.09. The quantitative estimate of drug-likeness (QED) is 0.744. The lowest BCUT2D eigenvalue weighted by Crippen LogP contribution is -2.41. The fourth-order valence-corrected chi connectivity index (χ4v) is 3.64. The maximum Gasteiger partial charge on any atom is 0.328 e. The average molecular weight is 370 g/mol. The van der Waals surface area contributed by atoms with E-state index in [9.17, 15) is 9.59 Å². The number of benzene rings is 1. The van der Waals surface area contributed by atoms with Gasteiger partial charge in [-0.2, -0.15) is 4.98 Å². The van der Waals surface area contributed by atoms with Crippen molar-refractivity contribution in [1.29, 1.82) is 0 Å². The Morgan fingerprint density at radius 1 is 1.26 bits per heavy atom. The molecule has 27 heavy (non-hydrogen) atoms. The van der Waals surface area contributed by atoms with Crippen LogP contribution in [0.25, 0.3) is 11.0 Å². The van der Waals surface area contributed by atoms with Crippen LogP contribution < -0.4 is 11.0 Å². The van der Waals surface area contributed by atoms with Crippen LogP contribution in [0, 0.1) is 6.92 Å². The summed E-state index contributed by atoms with van der Waals surface area (Å²) in [6.07, 6.45) is 1.82. The van der Waals surface area contributed by atoms with Crippen molar-refractivity contribution < 1.29 is 9.32 Å². The third-order valence-corrected chi connectivity index (χ3v) is 5.14. The summed E-state index contributed by atoms with van der Waals surface area (Å²) in [5, 5.41) is 6.93. The normalized spacial score (nSPS) is 17.4. The number of hydrogen-bond donors (Lipinski definition) is 1. The highest BCUT2D eigenvalue weighted by molar-refractivity contribution is 5.92. The van der Waals surface area contributed by atoms with Gasteiger partial charge in [0.1, 0.15) is 0 Å². The molecule has 0 saturated carbocycles. The number of urea groups is 1. The molecule has 2 amide bonds. The van der Waals surface area contributed by atoms with Crippen molar-refractivity contribution in [2.45, 2.75) is 25.7 Å². The number of fused-ring (bicyclic) bond motifs is 1. The van der Waals surface area contributed by atoms with Crippen molar-refractivity contribution in [2.75, 3.05) is 18.4 Å². The van der Waals surface area contributed by atoms with Crippen LogP contribution in [0.4, 0.5) is 10.5 Å². The Morgan fingerprint density at radius 3 is 2.78 bits per heavy atom. The van der Waals surface area contributed by atoms with Crippen LogP contribution in [-0.4, -0.2) is 43.3 Å². The van der Waals surface area contributed by atoms with Gasteiger partial charge >= 0.3 is 11.7 Å². The van der Waals surface area contributed by atoms with Crippen LogP contribution in [0.5, 0.6) is 0 Å². The molecule has 0 aliphatic carbocycles. The van der Waals surface area contributed by atoms with Crippen LogP contribution in [-0.2, 0) is 14.1 Å². The van der Waals surface area contributed by atoms with Gasteiger partial charge in [-0.05, 0) is 31.0 Å². The summed E-state index contributed by atoms with van der Waals surface area (Å²) in [7, 11) is 3.45. The fourth-order valence-electron chi connectivity index (χ4n) is 3.64. The molecule has 4 rings (SSSR count). The van der Waals surface area contributed by atoms with E-state index < -0.39 is 0 Å². The molecule has 1 atom stereocenters. The van der Waals surface area contributed by atoms with Gasteiger partial charge in [0.05, 0.1) is 11.0 Å². The minimum atomic E-state index is -0.166. The van der Waals surface area contributed by atoms with E-state index in [2.05, 4.69) is 15.5 Å². The SMILES string of the molecule is Cc1nc([C@H]2CCCN(C(=O)Nc3ccc4c(c3)n(C)c(=O)n4C)C2)no1. The summed E-state index contributed by atoms with van der Waals surface area (Å²) in [5.41, 5.74) is 2.17. The molecule has 142 valence electrons. The Morgan fingerprint density at radius 2 is 2.04 bits per heavy atom. The van der Waals surface area contributed by atoms with E-state index in [0.29, 0.717) is 30.5 Å². The van der Waals surface area contributed by atoms with Crippen molar-refractivity contribution in [3.8, 4) is 0 Å². The van der Waals surface area contributed by atoms with Crippen molar-refractivity contribution in [1.82, 2.24) is 24.2 Å². The lowest BCUT2D eigenvalue weighted by Gasteiger charge is -2.31.